The molecule has 0 bridgehead atoms. The van der Waals surface area contributed by atoms with E-state index in [1.165, 1.54) is 11.3 Å². The third-order valence-electron chi connectivity index (χ3n) is 3.12. The van der Waals surface area contributed by atoms with Gasteiger partial charge in [0.1, 0.15) is 11.5 Å². The molecule has 0 aliphatic heterocycles. The van der Waals surface area contributed by atoms with Crippen molar-refractivity contribution >= 4 is 22.4 Å². The molecular formula is C16H19N3O2S. The summed E-state index contributed by atoms with van der Waals surface area (Å²) in [6.07, 6.45) is 5.84. The monoisotopic (exact) mass is 317 g/mol. The average Bonchev–Trinajstić information content (AvgIpc) is 3.02. The minimum absolute atomic E-state index is 0.0967. The molecule has 0 aliphatic carbocycles. The Morgan fingerprint density at radius 2 is 2.32 bits per heavy atom. The van der Waals surface area contributed by atoms with Crippen molar-refractivity contribution in [2.45, 2.75) is 20.3 Å². The van der Waals surface area contributed by atoms with E-state index in [0.717, 1.165) is 22.8 Å². The molecule has 2 rings (SSSR count). The molecule has 0 aliphatic rings. The fraction of sp³-hybridized carbons (Fsp3) is 0.375. The van der Waals surface area contributed by atoms with Gasteiger partial charge in [0, 0.05) is 23.9 Å². The highest BCUT2D eigenvalue weighted by Gasteiger charge is 2.13. The molecule has 0 radical (unpaired) electrons. The Balaban J connectivity index is 1.96. The average molecular weight is 317 g/mol. The number of likely N-dealkylation sites (N-methyl/N-ethyl adjacent to an activating group) is 1. The fourth-order valence-electron chi connectivity index (χ4n) is 2.08. The summed E-state index contributed by atoms with van der Waals surface area (Å²) in [6.45, 7) is 4.79. The Morgan fingerprint density at radius 3 is 2.95 bits per heavy atom. The van der Waals surface area contributed by atoms with Crippen LogP contribution in [0.15, 0.2) is 15.9 Å². The predicted octanol–water partition coefficient (Wildman–Crippen LogP) is 2.91. The number of hydrogen-bond donors (Lipinski definition) is 1. The Morgan fingerprint density at radius 1 is 1.55 bits per heavy atom. The summed E-state index contributed by atoms with van der Waals surface area (Å²) in [5, 5.41) is 5.31. The van der Waals surface area contributed by atoms with E-state index in [4.69, 9.17) is 10.8 Å². The van der Waals surface area contributed by atoms with Crippen LogP contribution in [-0.2, 0) is 4.79 Å². The first-order valence-corrected chi connectivity index (χ1v) is 7.82. The third kappa shape index (κ3) is 4.20. The first-order chi connectivity index (χ1) is 10.5. The van der Waals surface area contributed by atoms with Crippen LogP contribution in [0.4, 0.5) is 5.13 Å². The number of amides is 1. The minimum atomic E-state index is -0.0967. The van der Waals surface area contributed by atoms with Crippen LogP contribution in [-0.4, -0.2) is 35.9 Å². The normalized spacial score (nSPS) is 10.7. The highest BCUT2D eigenvalue weighted by atomic mass is 32.1. The SMILES string of the molecule is C#CCCN(C)CC(=O)Nc1nc(-c2cc(C)oc2C)cs1. The van der Waals surface area contributed by atoms with Gasteiger partial charge in [-0.25, -0.2) is 4.98 Å². The lowest BCUT2D eigenvalue weighted by Crippen LogP contribution is -2.30. The van der Waals surface area contributed by atoms with Gasteiger partial charge < -0.3 is 9.73 Å². The molecule has 0 unspecified atom stereocenters. The molecule has 0 fully saturated rings. The van der Waals surface area contributed by atoms with E-state index in [0.29, 0.717) is 24.6 Å². The van der Waals surface area contributed by atoms with Gasteiger partial charge in [-0.1, -0.05) is 0 Å². The van der Waals surface area contributed by atoms with E-state index in [1.807, 2.05) is 37.2 Å². The maximum Gasteiger partial charge on any atom is 0.240 e. The molecule has 2 aromatic rings. The maximum atomic E-state index is 11.9. The van der Waals surface area contributed by atoms with E-state index in [1.54, 1.807) is 0 Å². The number of rotatable bonds is 6. The second kappa shape index (κ2) is 7.25. The highest BCUT2D eigenvalue weighted by molar-refractivity contribution is 7.14. The van der Waals surface area contributed by atoms with E-state index >= 15 is 0 Å². The van der Waals surface area contributed by atoms with Crippen LogP contribution in [0.2, 0.25) is 0 Å². The number of carbonyl (C=O) groups is 1. The summed E-state index contributed by atoms with van der Waals surface area (Å²) in [6, 6.07) is 1.95. The van der Waals surface area contributed by atoms with Crippen molar-refractivity contribution in [1.82, 2.24) is 9.88 Å². The summed E-state index contributed by atoms with van der Waals surface area (Å²) in [5.74, 6) is 4.14. The molecule has 1 amide bonds. The number of furan rings is 1. The second-order valence-corrected chi connectivity index (χ2v) is 5.96. The Labute approximate surface area is 134 Å². The number of anilines is 1. The molecule has 1 N–H and O–H groups in total. The highest BCUT2D eigenvalue weighted by Crippen LogP contribution is 2.29. The largest absolute Gasteiger partial charge is 0.466 e. The molecule has 2 aromatic heterocycles. The molecular weight excluding hydrogens is 298 g/mol. The number of aromatic nitrogens is 1. The molecule has 0 saturated heterocycles. The van der Waals surface area contributed by atoms with Gasteiger partial charge in [0.25, 0.3) is 0 Å². The van der Waals surface area contributed by atoms with Crippen molar-refractivity contribution in [3.8, 4) is 23.6 Å². The fourth-order valence-corrected chi connectivity index (χ4v) is 2.81. The van der Waals surface area contributed by atoms with Crippen LogP contribution in [0, 0.1) is 26.2 Å². The van der Waals surface area contributed by atoms with E-state index in [-0.39, 0.29) is 5.91 Å². The van der Waals surface area contributed by atoms with Crippen molar-refractivity contribution in [2.75, 3.05) is 25.5 Å². The van der Waals surface area contributed by atoms with Crippen molar-refractivity contribution in [1.29, 1.82) is 0 Å². The third-order valence-corrected chi connectivity index (χ3v) is 3.88. The number of carbonyl (C=O) groups excluding carboxylic acids is 1. The maximum absolute atomic E-state index is 11.9. The van der Waals surface area contributed by atoms with Crippen LogP contribution in [0.25, 0.3) is 11.3 Å². The molecule has 0 atom stereocenters. The quantitative estimate of drug-likeness (QED) is 0.832. The molecule has 5 nitrogen and oxygen atoms in total. The van der Waals surface area contributed by atoms with E-state index in [2.05, 4.69) is 16.2 Å². The number of terminal acetylenes is 1. The van der Waals surface area contributed by atoms with Crippen molar-refractivity contribution in [2.24, 2.45) is 0 Å². The van der Waals surface area contributed by atoms with Crippen LogP contribution in [0.3, 0.4) is 0 Å². The zero-order chi connectivity index (χ0) is 16.1. The summed E-state index contributed by atoms with van der Waals surface area (Å²) >= 11 is 1.40. The summed E-state index contributed by atoms with van der Waals surface area (Å²) in [7, 11) is 1.86. The molecule has 6 heteroatoms. The lowest BCUT2D eigenvalue weighted by molar-refractivity contribution is -0.117. The summed E-state index contributed by atoms with van der Waals surface area (Å²) < 4.78 is 5.50. The van der Waals surface area contributed by atoms with Gasteiger partial charge in [-0.2, -0.15) is 0 Å². The first-order valence-electron chi connectivity index (χ1n) is 6.94. The van der Waals surface area contributed by atoms with Crippen molar-refractivity contribution in [3.63, 3.8) is 0 Å². The van der Waals surface area contributed by atoms with Crippen LogP contribution < -0.4 is 5.32 Å². The van der Waals surface area contributed by atoms with Gasteiger partial charge in [-0.05, 0) is 27.0 Å². The first kappa shape index (κ1) is 16.3. The zero-order valence-corrected chi connectivity index (χ0v) is 13.8. The Hall–Kier alpha value is -2.10. The van der Waals surface area contributed by atoms with Gasteiger partial charge in [0.2, 0.25) is 5.91 Å². The summed E-state index contributed by atoms with van der Waals surface area (Å²) in [4.78, 5) is 18.3. The number of aryl methyl sites for hydroxylation is 2. The number of hydrogen-bond acceptors (Lipinski definition) is 5. The second-order valence-electron chi connectivity index (χ2n) is 5.10. The molecule has 116 valence electrons. The molecule has 22 heavy (non-hydrogen) atoms. The van der Waals surface area contributed by atoms with Crippen molar-refractivity contribution < 1.29 is 9.21 Å². The number of nitrogens with one attached hydrogen (secondary N) is 1. The smallest absolute Gasteiger partial charge is 0.240 e. The Bertz CT molecular complexity index is 697. The molecule has 0 saturated carbocycles. The predicted molar refractivity (Wildman–Crippen MR) is 88.9 cm³/mol. The van der Waals surface area contributed by atoms with E-state index in [9.17, 15) is 4.79 Å². The number of nitrogens with zero attached hydrogens (tertiary/aromatic N) is 2. The lowest BCUT2D eigenvalue weighted by atomic mass is 10.2. The van der Waals surface area contributed by atoms with Gasteiger partial charge in [-0.15, -0.1) is 23.7 Å². The minimum Gasteiger partial charge on any atom is -0.466 e. The van der Waals surface area contributed by atoms with Gasteiger partial charge in [0.05, 0.1) is 12.2 Å². The summed E-state index contributed by atoms with van der Waals surface area (Å²) in [5.41, 5.74) is 1.77. The van der Waals surface area contributed by atoms with Gasteiger partial charge in [-0.3, -0.25) is 9.69 Å². The Kier molecular flexibility index (Phi) is 5.36. The number of thiazole rings is 1. The standard InChI is InChI=1S/C16H19N3O2S/c1-5-6-7-19(4)9-15(20)18-16-17-14(10-22-16)13-8-11(2)21-12(13)3/h1,8,10H,6-7,9H2,2-4H3,(H,17,18,20). The van der Waals surface area contributed by atoms with Crippen molar-refractivity contribution in [3.05, 3.63) is 23.0 Å². The van der Waals surface area contributed by atoms with Crippen LogP contribution >= 0.6 is 11.3 Å². The zero-order valence-electron chi connectivity index (χ0n) is 13.0. The molecule has 0 spiro atoms. The topological polar surface area (TPSA) is 58.4 Å². The van der Waals surface area contributed by atoms with Crippen LogP contribution in [0.1, 0.15) is 17.9 Å². The van der Waals surface area contributed by atoms with Gasteiger partial charge in [0.15, 0.2) is 5.13 Å². The molecule has 0 aromatic carbocycles. The van der Waals surface area contributed by atoms with Crippen LogP contribution in [0.5, 0.6) is 0 Å². The lowest BCUT2D eigenvalue weighted by Gasteiger charge is -2.13. The van der Waals surface area contributed by atoms with Gasteiger partial charge >= 0.3 is 0 Å². The molecule has 2 heterocycles. The van der Waals surface area contributed by atoms with E-state index < -0.39 is 0 Å².